The second kappa shape index (κ2) is 7.13. The molecule has 3 rings (SSSR count). The highest BCUT2D eigenvalue weighted by Crippen LogP contribution is 2.40. The van der Waals surface area contributed by atoms with E-state index < -0.39 is 0 Å². The fourth-order valence-electron chi connectivity index (χ4n) is 2.45. The van der Waals surface area contributed by atoms with Crippen LogP contribution in [0.5, 0.6) is 0 Å². The minimum atomic E-state index is -0.271. The van der Waals surface area contributed by atoms with Gasteiger partial charge in [0.2, 0.25) is 5.95 Å². The summed E-state index contributed by atoms with van der Waals surface area (Å²) in [6, 6.07) is 8.00. The van der Waals surface area contributed by atoms with Crippen LogP contribution in [0.1, 0.15) is 38.3 Å². The lowest BCUT2D eigenvalue weighted by molar-refractivity contribution is 0.248. The molecule has 1 atom stereocenters. The molecule has 6 heteroatoms. The number of halogens is 1. The SMILES string of the molecule is CC(C)[C@@H](CO)Nc1nc(Nc2ccc(F)cc2)cc(C2CC2)n1. The van der Waals surface area contributed by atoms with Gasteiger partial charge < -0.3 is 15.7 Å². The molecule has 0 unspecified atom stereocenters. The first-order valence-corrected chi connectivity index (χ1v) is 8.34. The number of hydrogen-bond donors (Lipinski definition) is 3. The lowest BCUT2D eigenvalue weighted by atomic mass is 10.1. The van der Waals surface area contributed by atoms with Gasteiger partial charge >= 0.3 is 0 Å². The Morgan fingerprint density at radius 3 is 2.50 bits per heavy atom. The van der Waals surface area contributed by atoms with E-state index in [0.29, 0.717) is 17.7 Å². The molecule has 1 saturated carbocycles. The third kappa shape index (κ3) is 4.20. The average Bonchev–Trinajstić information content (AvgIpc) is 3.39. The zero-order valence-corrected chi connectivity index (χ0v) is 14.0. The summed E-state index contributed by atoms with van der Waals surface area (Å²) in [5.41, 5.74) is 1.77. The van der Waals surface area contributed by atoms with Crippen molar-refractivity contribution in [2.75, 3.05) is 17.2 Å². The van der Waals surface area contributed by atoms with Gasteiger partial charge in [-0.15, -0.1) is 0 Å². The summed E-state index contributed by atoms with van der Waals surface area (Å²) < 4.78 is 13.0. The molecule has 1 heterocycles. The molecule has 1 aromatic carbocycles. The summed E-state index contributed by atoms with van der Waals surface area (Å²) in [5.74, 6) is 1.65. The first-order valence-electron chi connectivity index (χ1n) is 8.34. The Hall–Kier alpha value is -2.21. The number of hydrogen-bond acceptors (Lipinski definition) is 5. The summed E-state index contributed by atoms with van der Waals surface area (Å²) in [6.45, 7) is 4.10. The number of anilines is 3. The van der Waals surface area contributed by atoms with Crippen molar-refractivity contribution in [3.8, 4) is 0 Å². The van der Waals surface area contributed by atoms with Crippen molar-refractivity contribution in [1.29, 1.82) is 0 Å². The number of aliphatic hydroxyl groups excluding tert-OH is 1. The van der Waals surface area contributed by atoms with E-state index in [1.165, 1.54) is 12.1 Å². The second-order valence-electron chi connectivity index (χ2n) is 6.59. The second-order valence-corrected chi connectivity index (χ2v) is 6.59. The highest BCUT2D eigenvalue weighted by atomic mass is 19.1. The van der Waals surface area contributed by atoms with Gasteiger partial charge in [0.25, 0.3) is 0 Å². The maximum absolute atomic E-state index is 13.0. The quantitative estimate of drug-likeness (QED) is 0.723. The first-order chi connectivity index (χ1) is 11.5. The minimum absolute atomic E-state index is 0.0232. The maximum atomic E-state index is 13.0. The number of benzene rings is 1. The lowest BCUT2D eigenvalue weighted by Gasteiger charge is -2.20. The number of rotatable bonds is 7. The largest absolute Gasteiger partial charge is 0.394 e. The van der Waals surface area contributed by atoms with E-state index in [2.05, 4.69) is 20.6 Å². The highest BCUT2D eigenvalue weighted by molar-refractivity contribution is 5.58. The summed E-state index contributed by atoms with van der Waals surface area (Å²) in [5, 5.41) is 15.9. The van der Waals surface area contributed by atoms with Gasteiger partial charge in [0.05, 0.1) is 18.3 Å². The molecule has 0 spiro atoms. The lowest BCUT2D eigenvalue weighted by Crippen LogP contribution is -2.30. The summed E-state index contributed by atoms with van der Waals surface area (Å²) in [7, 11) is 0. The van der Waals surface area contributed by atoms with Crippen molar-refractivity contribution in [1.82, 2.24) is 9.97 Å². The smallest absolute Gasteiger partial charge is 0.225 e. The monoisotopic (exact) mass is 330 g/mol. The Morgan fingerprint density at radius 2 is 1.92 bits per heavy atom. The third-order valence-electron chi connectivity index (χ3n) is 4.17. The van der Waals surface area contributed by atoms with E-state index in [9.17, 15) is 9.50 Å². The molecule has 128 valence electrons. The van der Waals surface area contributed by atoms with Gasteiger partial charge in [-0.2, -0.15) is 4.98 Å². The van der Waals surface area contributed by atoms with E-state index in [1.54, 1.807) is 12.1 Å². The first kappa shape index (κ1) is 16.6. The van der Waals surface area contributed by atoms with Gasteiger partial charge in [-0.05, 0) is 43.0 Å². The Morgan fingerprint density at radius 1 is 1.21 bits per heavy atom. The zero-order valence-electron chi connectivity index (χ0n) is 14.0. The van der Waals surface area contributed by atoms with Crippen molar-refractivity contribution in [3.63, 3.8) is 0 Å². The maximum Gasteiger partial charge on any atom is 0.225 e. The van der Waals surface area contributed by atoms with Gasteiger partial charge in [0, 0.05) is 17.7 Å². The summed E-state index contributed by atoms with van der Waals surface area (Å²) in [6.07, 6.45) is 2.28. The summed E-state index contributed by atoms with van der Waals surface area (Å²) >= 11 is 0. The van der Waals surface area contributed by atoms with Crippen molar-refractivity contribution in [2.45, 2.75) is 38.6 Å². The predicted octanol–water partition coefficient (Wildman–Crippen LogP) is 3.67. The molecule has 0 bridgehead atoms. The zero-order chi connectivity index (χ0) is 17.1. The number of aliphatic hydroxyl groups is 1. The minimum Gasteiger partial charge on any atom is -0.394 e. The molecular formula is C18H23FN4O. The molecule has 1 aliphatic carbocycles. The Labute approximate surface area is 141 Å². The van der Waals surface area contributed by atoms with Crippen LogP contribution in [0.3, 0.4) is 0 Å². The molecule has 0 saturated heterocycles. The highest BCUT2D eigenvalue weighted by Gasteiger charge is 2.26. The van der Waals surface area contributed by atoms with Gasteiger partial charge in [-0.3, -0.25) is 0 Å². The molecule has 1 aromatic heterocycles. The fourth-order valence-corrected chi connectivity index (χ4v) is 2.45. The van der Waals surface area contributed by atoms with Gasteiger partial charge in [0.15, 0.2) is 0 Å². The van der Waals surface area contributed by atoms with Crippen molar-refractivity contribution < 1.29 is 9.50 Å². The van der Waals surface area contributed by atoms with Gasteiger partial charge in [0.1, 0.15) is 11.6 Å². The van der Waals surface area contributed by atoms with E-state index in [-0.39, 0.29) is 24.4 Å². The Kier molecular flexibility index (Phi) is 4.94. The van der Waals surface area contributed by atoms with Crippen LogP contribution in [0.25, 0.3) is 0 Å². The Bertz CT molecular complexity index is 686. The van der Waals surface area contributed by atoms with E-state index in [1.807, 2.05) is 19.9 Å². The van der Waals surface area contributed by atoms with Gasteiger partial charge in [-0.1, -0.05) is 13.8 Å². The van der Waals surface area contributed by atoms with E-state index >= 15 is 0 Å². The topological polar surface area (TPSA) is 70.1 Å². The molecular weight excluding hydrogens is 307 g/mol. The van der Waals surface area contributed by atoms with Crippen LogP contribution in [-0.2, 0) is 0 Å². The fraction of sp³-hybridized carbons (Fsp3) is 0.444. The molecule has 1 aliphatic rings. The van der Waals surface area contributed by atoms with Crippen LogP contribution in [0.2, 0.25) is 0 Å². The molecule has 5 nitrogen and oxygen atoms in total. The van der Waals surface area contributed by atoms with Crippen molar-refractivity contribution in [3.05, 3.63) is 41.8 Å². The van der Waals surface area contributed by atoms with Crippen LogP contribution in [0.15, 0.2) is 30.3 Å². The Balaban J connectivity index is 1.83. The molecule has 0 aliphatic heterocycles. The number of nitrogens with one attached hydrogen (secondary N) is 2. The van der Waals surface area contributed by atoms with Crippen molar-refractivity contribution in [2.24, 2.45) is 5.92 Å². The third-order valence-corrected chi connectivity index (χ3v) is 4.17. The van der Waals surface area contributed by atoms with E-state index in [4.69, 9.17) is 0 Å². The molecule has 3 N–H and O–H groups in total. The molecule has 0 radical (unpaired) electrons. The normalized spacial score (nSPS) is 15.4. The van der Waals surface area contributed by atoms with Gasteiger partial charge in [-0.25, -0.2) is 9.37 Å². The average molecular weight is 330 g/mol. The predicted molar refractivity (Wildman–Crippen MR) is 93.0 cm³/mol. The van der Waals surface area contributed by atoms with Crippen LogP contribution in [0, 0.1) is 11.7 Å². The molecule has 1 fully saturated rings. The number of aromatic nitrogens is 2. The molecule has 0 amide bonds. The van der Waals surface area contributed by atoms with Crippen LogP contribution >= 0.6 is 0 Å². The molecule has 2 aromatic rings. The van der Waals surface area contributed by atoms with Crippen LogP contribution in [-0.4, -0.2) is 27.7 Å². The number of nitrogens with zero attached hydrogens (tertiary/aromatic N) is 2. The van der Waals surface area contributed by atoms with Crippen LogP contribution in [0.4, 0.5) is 21.8 Å². The van der Waals surface area contributed by atoms with Crippen LogP contribution < -0.4 is 10.6 Å². The summed E-state index contributed by atoms with van der Waals surface area (Å²) in [4.78, 5) is 9.08. The standard InChI is InChI=1S/C18H23FN4O/c1-11(2)16(10-24)22-18-21-15(12-3-4-12)9-17(23-18)20-14-7-5-13(19)6-8-14/h5-9,11-12,16,24H,3-4,10H2,1-2H3,(H2,20,21,22,23)/t16-/m1/s1. The van der Waals surface area contributed by atoms with E-state index in [0.717, 1.165) is 24.2 Å². The van der Waals surface area contributed by atoms with Crippen molar-refractivity contribution >= 4 is 17.5 Å². The molecule has 24 heavy (non-hydrogen) atoms.